The highest BCUT2D eigenvalue weighted by atomic mass is 16.3. The zero-order chi connectivity index (χ0) is 8.60. The second-order valence-electron chi connectivity index (χ2n) is 4.58. The van der Waals surface area contributed by atoms with Crippen LogP contribution in [0.4, 0.5) is 0 Å². The lowest BCUT2D eigenvalue weighted by atomic mass is 9.71. The minimum Gasteiger partial charge on any atom is -0.390 e. The molecule has 2 heteroatoms. The Labute approximate surface area is 73.6 Å². The predicted molar refractivity (Wildman–Crippen MR) is 46.8 cm³/mol. The van der Waals surface area contributed by atoms with Gasteiger partial charge in [0.25, 0.3) is 0 Å². The largest absolute Gasteiger partial charge is 0.390 e. The van der Waals surface area contributed by atoms with Gasteiger partial charge in [-0.1, -0.05) is 12.8 Å². The Morgan fingerprint density at radius 3 is 2.17 bits per heavy atom. The number of rotatable bonds is 0. The van der Waals surface area contributed by atoms with Crippen LogP contribution in [0.15, 0.2) is 0 Å². The second kappa shape index (κ2) is 3.00. The first kappa shape index (κ1) is 8.52. The van der Waals surface area contributed by atoms with Crippen LogP contribution in [0.25, 0.3) is 0 Å². The van der Waals surface area contributed by atoms with E-state index in [1.165, 1.54) is 25.7 Å². The zero-order valence-electron chi connectivity index (χ0n) is 7.50. The van der Waals surface area contributed by atoms with Gasteiger partial charge in [-0.05, 0) is 37.5 Å². The molecule has 0 heterocycles. The van der Waals surface area contributed by atoms with Crippen molar-refractivity contribution in [3.05, 3.63) is 0 Å². The van der Waals surface area contributed by atoms with E-state index in [9.17, 15) is 10.2 Å². The normalized spacial score (nSPS) is 40.5. The van der Waals surface area contributed by atoms with Crippen LogP contribution in [0.1, 0.15) is 44.9 Å². The quantitative estimate of drug-likeness (QED) is 0.577. The standard InChI is InChI=1S/C10H18O2/c11-8-3-6-10(7-9(8)12)4-1-2-5-10/h8-9,11-12H,1-7H2. The lowest BCUT2D eigenvalue weighted by molar-refractivity contribution is -0.0524. The van der Waals surface area contributed by atoms with Crippen molar-refractivity contribution in [3.63, 3.8) is 0 Å². The smallest absolute Gasteiger partial charge is 0.0804 e. The summed E-state index contributed by atoms with van der Waals surface area (Å²) in [4.78, 5) is 0. The molecule has 2 atom stereocenters. The van der Waals surface area contributed by atoms with Gasteiger partial charge in [0.05, 0.1) is 12.2 Å². The van der Waals surface area contributed by atoms with Crippen LogP contribution in [0.3, 0.4) is 0 Å². The van der Waals surface area contributed by atoms with Gasteiger partial charge in [0.2, 0.25) is 0 Å². The van der Waals surface area contributed by atoms with Crippen molar-refractivity contribution in [1.29, 1.82) is 0 Å². The third-order valence-corrected chi connectivity index (χ3v) is 3.72. The molecule has 12 heavy (non-hydrogen) atoms. The Morgan fingerprint density at radius 2 is 1.58 bits per heavy atom. The molecular formula is C10H18O2. The molecule has 2 unspecified atom stereocenters. The van der Waals surface area contributed by atoms with Gasteiger partial charge in [-0.3, -0.25) is 0 Å². The Bertz CT molecular complexity index is 161. The average molecular weight is 170 g/mol. The van der Waals surface area contributed by atoms with Crippen molar-refractivity contribution in [2.24, 2.45) is 5.41 Å². The highest BCUT2D eigenvalue weighted by Gasteiger charge is 2.41. The zero-order valence-corrected chi connectivity index (χ0v) is 7.50. The topological polar surface area (TPSA) is 40.5 Å². The molecule has 2 saturated carbocycles. The first-order chi connectivity index (χ1) is 5.72. The first-order valence-corrected chi connectivity index (χ1v) is 5.08. The first-order valence-electron chi connectivity index (χ1n) is 5.08. The van der Waals surface area contributed by atoms with Gasteiger partial charge < -0.3 is 10.2 Å². The minimum atomic E-state index is -0.448. The molecule has 2 fully saturated rings. The summed E-state index contributed by atoms with van der Waals surface area (Å²) in [6.07, 6.45) is 7.08. The van der Waals surface area contributed by atoms with Crippen LogP contribution in [0, 0.1) is 5.41 Å². The molecule has 2 N–H and O–H groups in total. The predicted octanol–water partition coefficient (Wildman–Crippen LogP) is 1.45. The molecule has 70 valence electrons. The molecule has 0 bridgehead atoms. The van der Waals surface area contributed by atoms with Crippen LogP contribution in [-0.2, 0) is 0 Å². The van der Waals surface area contributed by atoms with Crippen molar-refractivity contribution in [2.75, 3.05) is 0 Å². The van der Waals surface area contributed by atoms with E-state index >= 15 is 0 Å². The van der Waals surface area contributed by atoms with E-state index in [-0.39, 0.29) is 0 Å². The molecule has 0 aromatic heterocycles. The second-order valence-corrected chi connectivity index (χ2v) is 4.58. The van der Waals surface area contributed by atoms with Crippen molar-refractivity contribution in [3.8, 4) is 0 Å². The molecule has 0 amide bonds. The molecule has 0 aliphatic heterocycles. The molecule has 1 spiro atoms. The Kier molecular flexibility index (Phi) is 2.13. The summed E-state index contributed by atoms with van der Waals surface area (Å²) in [5.41, 5.74) is 0.415. The van der Waals surface area contributed by atoms with E-state index < -0.39 is 12.2 Å². The van der Waals surface area contributed by atoms with E-state index in [0.29, 0.717) is 5.41 Å². The van der Waals surface area contributed by atoms with E-state index in [1.54, 1.807) is 0 Å². The van der Waals surface area contributed by atoms with Gasteiger partial charge in [-0.2, -0.15) is 0 Å². The fourth-order valence-electron chi connectivity index (χ4n) is 2.91. The number of aliphatic hydroxyl groups is 2. The van der Waals surface area contributed by atoms with Crippen LogP contribution in [0.2, 0.25) is 0 Å². The molecule has 2 aliphatic rings. The molecule has 2 aliphatic carbocycles. The van der Waals surface area contributed by atoms with Gasteiger partial charge in [0.15, 0.2) is 0 Å². The number of hydrogen-bond acceptors (Lipinski definition) is 2. The SMILES string of the molecule is OC1CCC2(CCCC2)CC1O. The summed E-state index contributed by atoms with van der Waals surface area (Å²) in [7, 11) is 0. The van der Waals surface area contributed by atoms with E-state index in [0.717, 1.165) is 19.3 Å². The maximum Gasteiger partial charge on any atom is 0.0804 e. The molecule has 2 nitrogen and oxygen atoms in total. The minimum absolute atomic E-state index is 0.415. The average Bonchev–Trinajstić information content (AvgIpc) is 2.47. The van der Waals surface area contributed by atoms with Crippen LogP contribution in [-0.4, -0.2) is 22.4 Å². The summed E-state index contributed by atoms with van der Waals surface area (Å²) in [6.45, 7) is 0. The molecule has 0 aromatic carbocycles. The summed E-state index contributed by atoms with van der Waals surface area (Å²) < 4.78 is 0. The lowest BCUT2D eigenvalue weighted by Crippen LogP contribution is -2.38. The fourth-order valence-corrected chi connectivity index (χ4v) is 2.91. The molecule has 0 radical (unpaired) electrons. The molecule has 2 rings (SSSR count). The van der Waals surface area contributed by atoms with E-state index in [4.69, 9.17) is 0 Å². The van der Waals surface area contributed by atoms with E-state index in [1.807, 2.05) is 0 Å². The molecule has 0 saturated heterocycles. The van der Waals surface area contributed by atoms with Crippen molar-refractivity contribution in [1.82, 2.24) is 0 Å². The van der Waals surface area contributed by atoms with Gasteiger partial charge in [0, 0.05) is 0 Å². The van der Waals surface area contributed by atoms with Crippen LogP contribution in [0.5, 0.6) is 0 Å². The Hall–Kier alpha value is -0.0800. The monoisotopic (exact) mass is 170 g/mol. The van der Waals surface area contributed by atoms with Gasteiger partial charge >= 0.3 is 0 Å². The fraction of sp³-hybridized carbons (Fsp3) is 1.00. The summed E-state index contributed by atoms with van der Waals surface area (Å²) >= 11 is 0. The maximum atomic E-state index is 9.55. The highest BCUT2D eigenvalue weighted by Crippen LogP contribution is 2.48. The third kappa shape index (κ3) is 1.38. The summed E-state index contributed by atoms with van der Waals surface area (Å²) in [5.74, 6) is 0. The number of aliphatic hydroxyl groups excluding tert-OH is 2. The van der Waals surface area contributed by atoms with Gasteiger partial charge in [-0.25, -0.2) is 0 Å². The summed E-state index contributed by atoms with van der Waals surface area (Å²) in [5, 5.41) is 18.9. The van der Waals surface area contributed by atoms with Crippen molar-refractivity contribution >= 4 is 0 Å². The van der Waals surface area contributed by atoms with Crippen LogP contribution < -0.4 is 0 Å². The van der Waals surface area contributed by atoms with Crippen LogP contribution >= 0.6 is 0 Å². The number of hydrogen-bond donors (Lipinski definition) is 2. The molecular weight excluding hydrogens is 152 g/mol. The molecule has 0 aromatic rings. The Balaban J connectivity index is 2.01. The van der Waals surface area contributed by atoms with Gasteiger partial charge in [-0.15, -0.1) is 0 Å². The van der Waals surface area contributed by atoms with Crippen molar-refractivity contribution < 1.29 is 10.2 Å². The highest BCUT2D eigenvalue weighted by molar-refractivity contribution is 4.93. The maximum absolute atomic E-state index is 9.55. The lowest BCUT2D eigenvalue weighted by Gasteiger charge is -2.38. The third-order valence-electron chi connectivity index (χ3n) is 3.72. The summed E-state index contributed by atoms with van der Waals surface area (Å²) in [6, 6.07) is 0. The Morgan fingerprint density at radius 1 is 0.917 bits per heavy atom. The van der Waals surface area contributed by atoms with E-state index in [2.05, 4.69) is 0 Å². The van der Waals surface area contributed by atoms with Gasteiger partial charge in [0.1, 0.15) is 0 Å². The van der Waals surface area contributed by atoms with Crippen molar-refractivity contribution in [2.45, 2.75) is 57.2 Å².